The van der Waals surface area contributed by atoms with Gasteiger partial charge in [-0.25, -0.2) is 4.79 Å². The summed E-state index contributed by atoms with van der Waals surface area (Å²) in [5, 5.41) is 0.766. The number of methoxy groups -OCH3 is 2. The molecule has 122 valence electrons. The zero-order valence-electron chi connectivity index (χ0n) is 14.1. The number of rotatable bonds is 6. The summed E-state index contributed by atoms with van der Waals surface area (Å²) >= 11 is 0. The topological polar surface area (TPSA) is 48.7 Å². The lowest BCUT2D eigenvalue weighted by atomic mass is 9.97. The fourth-order valence-electron chi connectivity index (χ4n) is 2.67. The number of hydrogen-bond donors (Lipinski definition) is 0. The van der Waals surface area contributed by atoms with Crippen molar-refractivity contribution < 1.29 is 13.9 Å². The molecular formula is C19H22O4. The molecule has 0 amide bonds. The molecule has 0 unspecified atom stereocenters. The second-order valence-electron chi connectivity index (χ2n) is 5.50. The average molecular weight is 314 g/mol. The van der Waals surface area contributed by atoms with Crippen molar-refractivity contribution in [3.8, 4) is 11.5 Å². The molecule has 23 heavy (non-hydrogen) atoms. The first kappa shape index (κ1) is 16.9. The van der Waals surface area contributed by atoms with Crippen molar-refractivity contribution in [1.82, 2.24) is 0 Å². The van der Waals surface area contributed by atoms with E-state index in [9.17, 15) is 4.79 Å². The summed E-state index contributed by atoms with van der Waals surface area (Å²) in [6.07, 6.45) is 5.09. The number of fused-ring (bicyclic) bond motifs is 1. The van der Waals surface area contributed by atoms with Crippen LogP contribution in [0.1, 0.15) is 25.0 Å². The molecule has 0 radical (unpaired) electrons. The van der Waals surface area contributed by atoms with Crippen molar-refractivity contribution in [2.75, 3.05) is 14.2 Å². The third-order valence-electron chi connectivity index (χ3n) is 3.65. The van der Waals surface area contributed by atoms with Crippen molar-refractivity contribution >= 4 is 11.0 Å². The number of benzene rings is 1. The molecule has 2 rings (SSSR count). The van der Waals surface area contributed by atoms with E-state index >= 15 is 0 Å². The Hall–Kier alpha value is -2.49. The van der Waals surface area contributed by atoms with Crippen LogP contribution >= 0.6 is 0 Å². The molecular weight excluding hydrogens is 292 g/mol. The van der Waals surface area contributed by atoms with E-state index in [0.717, 1.165) is 16.5 Å². The van der Waals surface area contributed by atoms with Gasteiger partial charge < -0.3 is 13.9 Å². The molecule has 4 nitrogen and oxygen atoms in total. The first-order chi connectivity index (χ1) is 11.0. The van der Waals surface area contributed by atoms with Gasteiger partial charge in [-0.2, -0.15) is 0 Å². The summed E-state index contributed by atoms with van der Waals surface area (Å²) in [5.74, 6) is 1.35. The summed E-state index contributed by atoms with van der Waals surface area (Å²) in [7, 11) is 3.22. The fraction of sp³-hybridized carbons (Fsp3) is 0.316. The molecule has 0 aliphatic carbocycles. The predicted octanol–water partition coefficient (Wildman–Crippen LogP) is 4.05. The second kappa shape index (κ2) is 7.18. The molecule has 0 atom stereocenters. The summed E-state index contributed by atoms with van der Waals surface area (Å²) in [6, 6.07) is 3.14. The van der Waals surface area contributed by atoms with Crippen LogP contribution < -0.4 is 15.1 Å². The van der Waals surface area contributed by atoms with Gasteiger partial charge in [-0.3, -0.25) is 0 Å². The van der Waals surface area contributed by atoms with Gasteiger partial charge in [0.05, 0.1) is 19.6 Å². The van der Waals surface area contributed by atoms with Crippen molar-refractivity contribution in [3.63, 3.8) is 0 Å². The normalized spacial score (nSPS) is 10.4. The number of hydrogen-bond acceptors (Lipinski definition) is 4. The van der Waals surface area contributed by atoms with Crippen LogP contribution in [0.2, 0.25) is 0 Å². The van der Waals surface area contributed by atoms with Crippen LogP contribution in [0.3, 0.4) is 0 Å². The van der Waals surface area contributed by atoms with Gasteiger partial charge in [-0.1, -0.05) is 17.7 Å². The van der Waals surface area contributed by atoms with E-state index in [1.807, 2.05) is 13.8 Å². The minimum absolute atomic E-state index is 0.399. The van der Waals surface area contributed by atoms with Crippen LogP contribution in [0.25, 0.3) is 11.0 Å². The molecule has 2 aromatic rings. The molecule has 0 fully saturated rings. The molecule has 1 aromatic carbocycles. The minimum Gasteiger partial charge on any atom is -0.496 e. The largest absolute Gasteiger partial charge is 0.496 e. The van der Waals surface area contributed by atoms with Crippen molar-refractivity contribution in [1.29, 1.82) is 0 Å². The zero-order chi connectivity index (χ0) is 17.0. The molecule has 0 saturated heterocycles. The van der Waals surface area contributed by atoms with Gasteiger partial charge in [0.1, 0.15) is 17.1 Å². The first-order valence-electron chi connectivity index (χ1n) is 7.47. The summed E-state index contributed by atoms with van der Waals surface area (Å²) in [4.78, 5) is 11.7. The van der Waals surface area contributed by atoms with E-state index in [4.69, 9.17) is 13.9 Å². The Morgan fingerprint density at radius 1 is 1.13 bits per heavy atom. The molecule has 0 aliphatic rings. The Balaban J connectivity index is 2.91. The van der Waals surface area contributed by atoms with Crippen LogP contribution in [0.15, 0.2) is 45.6 Å². The number of allylic oxidation sites excluding steroid dienone is 3. The van der Waals surface area contributed by atoms with Gasteiger partial charge in [0, 0.05) is 17.2 Å². The fourth-order valence-corrected chi connectivity index (χ4v) is 2.67. The highest BCUT2D eigenvalue weighted by molar-refractivity contribution is 5.90. The van der Waals surface area contributed by atoms with E-state index < -0.39 is 5.63 Å². The van der Waals surface area contributed by atoms with E-state index in [1.54, 1.807) is 26.4 Å². The Kier molecular flexibility index (Phi) is 5.27. The molecule has 4 heteroatoms. The van der Waals surface area contributed by atoms with Gasteiger partial charge in [0.2, 0.25) is 0 Å². The zero-order valence-corrected chi connectivity index (χ0v) is 14.1. The van der Waals surface area contributed by atoms with E-state index in [-0.39, 0.29) is 0 Å². The highest BCUT2D eigenvalue weighted by Gasteiger charge is 2.21. The SMILES string of the molecule is C=CCc1c(OC)c(CC=C(C)C)c(OC)c2ccc(=O)oc12. The third kappa shape index (κ3) is 3.31. The summed E-state index contributed by atoms with van der Waals surface area (Å²) < 4.78 is 16.7. The summed E-state index contributed by atoms with van der Waals surface area (Å²) in [6.45, 7) is 7.88. The van der Waals surface area contributed by atoms with E-state index in [1.165, 1.54) is 11.6 Å². The monoisotopic (exact) mass is 314 g/mol. The van der Waals surface area contributed by atoms with Crippen LogP contribution in [0.5, 0.6) is 11.5 Å². The van der Waals surface area contributed by atoms with Gasteiger partial charge >= 0.3 is 5.63 Å². The predicted molar refractivity (Wildman–Crippen MR) is 92.6 cm³/mol. The lowest BCUT2D eigenvalue weighted by Crippen LogP contribution is -2.05. The molecule has 0 spiro atoms. The van der Waals surface area contributed by atoms with Crippen LogP contribution in [-0.4, -0.2) is 14.2 Å². The van der Waals surface area contributed by atoms with Gasteiger partial charge in [-0.15, -0.1) is 6.58 Å². The van der Waals surface area contributed by atoms with Crippen LogP contribution in [0.4, 0.5) is 0 Å². The molecule has 0 bridgehead atoms. The maximum Gasteiger partial charge on any atom is 0.336 e. The Bertz CT molecular complexity index is 808. The molecule has 0 aliphatic heterocycles. The van der Waals surface area contributed by atoms with Gasteiger partial charge in [0.25, 0.3) is 0 Å². The van der Waals surface area contributed by atoms with E-state index in [0.29, 0.717) is 29.9 Å². The van der Waals surface area contributed by atoms with Crippen LogP contribution in [-0.2, 0) is 12.8 Å². The third-order valence-corrected chi connectivity index (χ3v) is 3.65. The maximum atomic E-state index is 11.7. The average Bonchev–Trinajstić information content (AvgIpc) is 2.53. The van der Waals surface area contributed by atoms with Crippen molar-refractivity contribution in [2.45, 2.75) is 26.7 Å². The van der Waals surface area contributed by atoms with Crippen molar-refractivity contribution in [3.05, 3.63) is 58.0 Å². The van der Waals surface area contributed by atoms with Crippen molar-refractivity contribution in [2.24, 2.45) is 0 Å². The van der Waals surface area contributed by atoms with Gasteiger partial charge in [-0.05, 0) is 32.8 Å². The molecule has 0 saturated carbocycles. The maximum absolute atomic E-state index is 11.7. The Morgan fingerprint density at radius 2 is 1.83 bits per heavy atom. The number of ether oxygens (including phenoxy) is 2. The first-order valence-corrected chi connectivity index (χ1v) is 7.47. The summed E-state index contributed by atoms with van der Waals surface area (Å²) in [5.41, 5.74) is 3.05. The highest BCUT2D eigenvalue weighted by Crippen LogP contribution is 2.41. The van der Waals surface area contributed by atoms with Crippen LogP contribution in [0, 0.1) is 0 Å². The minimum atomic E-state index is -0.399. The lowest BCUT2D eigenvalue weighted by molar-refractivity contribution is 0.386. The highest BCUT2D eigenvalue weighted by atomic mass is 16.5. The molecule has 1 aromatic heterocycles. The van der Waals surface area contributed by atoms with Gasteiger partial charge in [0.15, 0.2) is 0 Å². The smallest absolute Gasteiger partial charge is 0.336 e. The molecule has 0 N–H and O–H groups in total. The Labute approximate surface area is 136 Å². The quantitative estimate of drug-likeness (QED) is 0.596. The Morgan fingerprint density at radius 3 is 2.39 bits per heavy atom. The second-order valence-corrected chi connectivity index (χ2v) is 5.50. The van der Waals surface area contributed by atoms with E-state index in [2.05, 4.69) is 12.7 Å². The molecule has 1 heterocycles. The standard InChI is InChI=1S/C19H22O4/c1-6-7-13-17(21-4)14(9-8-12(2)3)18(22-5)15-10-11-16(20)23-19(13)15/h6,8,10-11H,1,7,9H2,2-5H3. The lowest BCUT2D eigenvalue weighted by Gasteiger charge is -2.18.